The summed E-state index contributed by atoms with van der Waals surface area (Å²) in [6, 6.07) is 0.474. The molecule has 4 aliphatic carbocycles. The van der Waals surface area contributed by atoms with Crippen LogP contribution in [0.25, 0.3) is 0 Å². The van der Waals surface area contributed by atoms with Crippen LogP contribution in [0.3, 0.4) is 0 Å². The van der Waals surface area contributed by atoms with E-state index >= 15 is 0 Å². The zero-order chi connectivity index (χ0) is 13.9. The van der Waals surface area contributed by atoms with Gasteiger partial charge in [0.1, 0.15) is 0 Å². The summed E-state index contributed by atoms with van der Waals surface area (Å²) in [4.78, 5) is 14.3. The van der Waals surface area contributed by atoms with Gasteiger partial charge in [-0.15, -0.1) is 0 Å². The molecule has 1 heterocycles. The van der Waals surface area contributed by atoms with Crippen LogP contribution in [0, 0.1) is 29.6 Å². The van der Waals surface area contributed by atoms with Crippen molar-refractivity contribution < 1.29 is 4.79 Å². The van der Waals surface area contributed by atoms with Gasteiger partial charge in [0.15, 0.2) is 0 Å². The van der Waals surface area contributed by atoms with Gasteiger partial charge in [-0.2, -0.15) is 5.32 Å². The van der Waals surface area contributed by atoms with Crippen LogP contribution in [0.2, 0.25) is 0 Å². The van der Waals surface area contributed by atoms with Crippen molar-refractivity contribution in [3.05, 3.63) is 11.9 Å². The van der Waals surface area contributed by atoms with Crippen LogP contribution in [0.4, 0.5) is 4.79 Å². The second kappa shape index (κ2) is 4.51. The van der Waals surface area contributed by atoms with Gasteiger partial charge in [0, 0.05) is 12.2 Å². The van der Waals surface area contributed by atoms with Gasteiger partial charge in [0.2, 0.25) is 0 Å². The predicted molar refractivity (Wildman–Crippen MR) is 77.7 cm³/mol. The average molecular weight is 273 g/mol. The Labute approximate surface area is 121 Å². The minimum atomic E-state index is 0.0122. The molecular formula is C17H25N2O. The number of urea groups is 1. The highest BCUT2D eigenvalue weighted by Gasteiger charge is 2.51. The number of allylic oxidation sites excluding steroid dienone is 1. The van der Waals surface area contributed by atoms with E-state index < -0.39 is 0 Å². The minimum Gasteiger partial charge on any atom is -0.294 e. The summed E-state index contributed by atoms with van der Waals surface area (Å²) in [5.41, 5.74) is 0.999. The van der Waals surface area contributed by atoms with Gasteiger partial charge >= 0.3 is 6.03 Å². The highest BCUT2D eigenvalue weighted by atomic mass is 16.2. The molecule has 2 amide bonds. The highest BCUT2D eigenvalue weighted by molar-refractivity contribution is 5.80. The molecule has 3 heteroatoms. The smallest absolute Gasteiger partial charge is 0.294 e. The number of carbonyl (C=O) groups is 1. The Bertz CT molecular complexity index is 426. The molecule has 4 saturated carbocycles. The Morgan fingerprint density at radius 3 is 2.30 bits per heavy atom. The lowest BCUT2D eigenvalue weighted by Crippen LogP contribution is -2.55. The van der Waals surface area contributed by atoms with Gasteiger partial charge in [-0.1, -0.05) is 13.8 Å². The minimum absolute atomic E-state index is 0.0122. The first-order chi connectivity index (χ1) is 9.60. The second-order valence-corrected chi connectivity index (χ2v) is 7.94. The number of amides is 2. The fraction of sp³-hybridized carbons (Fsp3) is 0.824. The number of hydrogen-bond acceptors (Lipinski definition) is 1. The van der Waals surface area contributed by atoms with Crippen LogP contribution in [0.15, 0.2) is 11.9 Å². The second-order valence-electron chi connectivity index (χ2n) is 7.94. The lowest BCUT2D eigenvalue weighted by atomic mass is 9.54. The molecule has 0 saturated heterocycles. The van der Waals surface area contributed by atoms with Gasteiger partial charge < -0.3 is 0 Å². The number of rotatable bonds is 3. The van der Waals surface area contributed by atoms with Crippen LogP contribution in [-0.2, 0) is 0 Å². The topological polar surface area (TPSA) is 34.4 Å². The van der Waals surface area contributed by atoms with E-state index in [0.717, 1.165) is 35.8 Å². The summed E-state index contributed by atoms with van der Waals surface area (Å²) in [5.74, 6) is 3.99. The van der Waals surface area contributed by atoms with Gasteiger partial charge in [0.25, 0.3) is 0 Å². The first-order valence-corrected chi connectivity index (χ1v) is 8.35. The van der Waals surface area contributed by atoms with Crippen LogP contribution < -0.4 is 5.32 Å². The van der Waals surface area contributed by atoms with E-state index in [-0.39, 0.29) is 6.03 Å². The van der Waals surface area contributed by atoms with E-state index in [4.69, 9.17) is 0 Å². The molecule has 0 N–H and O–H groups in total. The van der Waals surface area contributed by atoms with E-state index in [1.807, 2.05) is 4.90 Å². The fourth-order valence-electron chi connectivity index (χ4n) is 5.51. The molecule has 0 unspecified atom stereocenters. The van der Waals surface area contributed by atoms with Crippen molar-refractivity contribution >= 4 is 6.03 Å². The summed E-state index contributed by atoms with van der Waals surface area (Å²) in [7, 11) is 0. The average Bonchev–Trinajstić information content (AvgIpc) is 2.68. The zero-order valence-corrected chi connectivity index (χ0v) is 12.6. The zero-order valence-electron chi connectivity index (χ0n) is 12.6. The van der Waals surface area contributed by atoms with E-state index in [1.165, 1.54) is 32.1 Å². The SMILES string of the molecule is CC(C)CC1=CN(C2C3CC4CC(C3)CC2C4)C(=O)[N]1. The van der Waals surface area contributed by atoms with Crippen LogP contribution in [-0.4, -0.2) is 17.0 Å². The molecular weight excluding hydrogens is 248 g/mol. The lowest BCUT2D eigenvalue weighted by Gasteiger charge is -2.55. The third-order valence-corrected chi connectivity index (χ3v) is 5.86. The maximum absolute atomic E-state index is 12.3. The van der Waals surface area contributed by atoms with Crippen molar-refractivity contribution in [1.82, 2.24) is 10.2 Å². The molecule has 109 valence electrons. The Morgan fingerprint density at radius 1 is 1.15 bits per heavy atom. The Kier molecular flexibility index (Phi) is 2.87. The normalized spacial score (nSPS) is 42.4. The summed E-state index contributed by atoms with van der Waals surface area (Å²) < 4.78 is 0. The van der Waals surface area contributed by atoms with Crippen molar-refractivity contribution in [1.29, 1.82) is 0 Å². The van der Waals surface area contributed by atoms with E-state index in [1.54, 1.807) is 0 Å². The molecule has 1 radical (unpaired) electrons. The number of hydrogen-bond donors (Lipinski definition) is 0. The molecule has 0 spiro atoms. The lowest BCUT2D eigenvalue weighted by molar-refractivity contribution is -0.0382. The van der Waals surface area contributed by atoms with Gasteiger partial charge in [-0.05, 0) is 68.1 Å². The predicted octanol–water partition coefficient (Wildman–Crippen LogP) is 3.74. The molecule has 4 bridgehead atoms. The number of carbonyl (C=O) groups excluding carboxylic acids is 1. The molecule has 0 aromatic heterocycles. The molecule has 20 heavy (non-hydrogen) atoms. The van der Waals surface area contributed by atoms with E-state index in [9.17, 15) is 4.79 Å². The molecule has 0 aromatic rings. The van der Waals surface area contributed by atoms with Crippen LogP contribution in [0.1, 0.15) is 52.4 Å². The first-order valence-electron chi connectivity index (χ1n) is 8.35. The molecule has 3 nitrogen and oxygen atoms in total. The first kappa shape index (κ1) is 12.7. The van der Waals surface area contributed by atoms with Crippen molar-refractivity contribution in [2.24, 2.45) is 29.6 Å². The summed E-state index contributed by atoms with van der Waals surface area (Å²) in [5, 5.41) is 4.29. The maximum Gasteiger partial charge on any atom is 0.348 e. The van der Waals surface area contributed by atoms with Crippen molar-refractivity contribution in [2.75, 3.05) is 0 Å². The van der Waals surface area contributed by atoms with Crippen molar-refractivity contribution in [3.63, 3.8) is 0 Å². The molecule has 0 aromatic carbocycles. The monoisotopic (exact) mass is 273 g/mol. The van der Waals surface area contributed by atoms with Gasteiger partial charge in [0.05, 0.1) is 5.70 Å². The molecule has 0 atom stereocenters. The summed E-state index contributed by atoms with van der Waals surface area (Å²) in [6.07, 6.45) is 9.89. The van der Waals surface area contributed by atoms with Gasteiger partial charge in [-0.3, -0.25) is 4.90 Å². The Balaban J connectivity index is 1.55. The maximum atomic E-state index is 12.3. The van der Waals surface area contributed by atoms with Crippen molar-refractivity contribution in [2.45, 2.75) is 58.4 Å². The summed E-state index contributed by atoms with van der Waals surface area (Å²) >= 11 is 0. The van der Waals surface area contributed by atoms with E-state index in [0.29, 0.717) is 12.0 Å². The third kappa shape index (κ3) is 1.97. The van der Waals surface area contributed by atoms with Crippen LogP contribution in [0.5, 0.6) is 0 Å². The van der Waals surface area contributed by atoms with Crippen LogP contribution >= 0.6 is 0 Å². The molecule has 4 fully saturated rings. The number of nitrogens with zero attached hydrogens (tertiary/aromatic N) is 2. The largest absolute Gasteiger partial charge is 0.348 e. The van der Waals surface area contributed by atoms with Crippen molar-refractivity contribution in [3.8, 4) is 0 Å². The molecule has 5 rings (SSSR count). The van der Waals surface area contributed by atoms with E-state index in [2.05, 4.69) is 25.4 Å². The molecule has 5 aliphatic rings. The quantitative estimate of drug-likeness (QED) is 0.771. The Morgan fingerprint density at radius 2 is 1.75 bits per heavy atom. The fourth-order valence-corrected chi connectivity index (χ4v) is 5.51. The Hall–Kier alpha value is -0.990. The molecule has 1 aliphatic heterocycles. The standard InChI is InChI=1S/C17H25N2O/c1-10(2)3-15-9-19(17(20)18-15)16-13-5-11-4-12(7-13)8-14(16)6-11/h9-14,16H,3-8H2,1-2H3. The highest BCUT2D eigenvalue weighted by Crippen LogP contribution is 2.55. The third-order valence-electron chi connectivity index (χ3n) is 5.86. The van der Waals surface area contributed by atoms with Gasteiger partial charge in [-0.25, -0.2) is 4.79 Å². The summed E-state index contributed by atoms with van der Waals surface area (Å²) in [6.45, 7) is 4.37.